The van der Waals surface area contributed by atoms with E-state index in [0.29, 0.717) is 11.6 Å². The molecule has 132 valence electrons. The lowest BCUT2D eigenvalue weighted by Crippen LogP contribution is -2.32. The zero-order chi connectivity index (χ0) is 18.2. The van der Waals surface area contributed by atoms with Crippen molar-refractivity contribution in [3.05, 3.63) is 41.9 Å². The Hall–Kier alpha value is -2.90. The second-order valence-electron chi connectivity index (χ2n) is 7.06. The predicted octanol–water partition coefficient (Wildman–Crippen LogP) is 2.87. The van der Waals surface area contributed by atoms with E-state index in [1.54, 1.807) is 10.6 Å². The Kier molecular flexibility index (Phi) is 4.20. The third kappa shape index (κ3) is 3.47. The molecule has 0 aromatic carbocycles. The summed E-state index contributed by atoms with van der Waals surface area (Å²) in [6, 6.07) is 5.02. The van der Waals surface area contributed by atoms with Crippen LogP contribution in [0.2, 0.25) is 0 Å². The summed E-state index contributed by atoms with van der Waals surface area (Å²) in [6.45, 7) is 10.1. The SMILES string of the molecule is Cc1nn(C(C)(C)C)cc1[C@@H](C)NC(=O)Nc1nnc2ccccn12. The molecule has 1 atom stereocenters. The third-order valence-electron chi connectivity index (χ3n) is 3.98. The van der Waals surface area contributed by atoms with Crippen LogP contribution in [0.1, 0.15) is 45.0 Å². The fourth-order valence-electron chi connectivity index (χ4n) is 2.58. The van der Waals surface area contributed by atoms with Gasteiger partial charge in [0.25, 0.3) is 0 Å². The van der Waals surface area contributed by atoms with Crippen LogP contribution in [0.5, 0.6) is 0 Å². The summed E-state index contributed by atoms with van der Waals surface area (Å²) in [5, 5.41) is 18.2. The van der Waals surface area contributed by atoms with E-state index in [9.17, 15) is 4.79 Å². The summed E-state index contributed by atoms with van der Waals surface area (Å²) in [4.78, 5) is 12.3. The van der Waals surface area contributed by atoms with Crippen molar-refractivity contribution in [1.29, 1.82) is 0 Å². The van der Waals surface area contributed by atoms with Crippen LogP contribution in [-0.4, -0.2) is 30.4 Å². The van der Waals surface area contributed by atoms with E-state index in [1.807, 2.05) is 42.9 Å². The Bertz CT molecular complexity index is 903. The van der Waals surface area contributed by atoms with E-state index in [4.69, 9.17) is 0 Å². The van der Waals surface area contributed by atoms with E-state index in [0.717, 1.165) is 11.3 Å². The molecule has 0 spiro atoms. The molecule has 0 radical (unpaired) electrons. The van der Waals surface area contributed by atoms with Gasteiger partial charge in [-0.3, -0.25) is 14.4 Å². The lowest BCUT2D eigenvalue weighted by molar-refractivity contribution is 0.249. The maximum absolute atomic E-state index is 12.3. The zero-order valence-corrected chi connectivity index (χ0v) is 15.1. The number of amides is 2. The fourth-order valence-corrected chi connectivity index (χ4v) is 2.58. The molecule has 2 amide bonds. The minimum atomic E-state index is -0.339. The number of nitrogens with zero attached hydrogens (tertiary/aromatic N) is 5. The smallest absolute Gasteiger partial charge is 0.322 e. The maximum atomic E-state index is 12.3. The first-order valence-corrected chi connectivity index (χ1v) is 8.19. The van der Waals surface area contributed by atoms with Crippen molar-refractivity contribution >= 4 is 17.6 Å². The van der Waals surface area contributed by atoms with Crippen LogP contribution in [-0.2, 0) is 5.54 Å². The third-order valence-corrected chi connectivity index (χ3v) is 3.98. The highest BCUT2D eigenvalue weighted by molar-refractivity contribution is 5.88. The van der Waals surface area contributed by atoms with E-state index in [-0.39, 0.29) is 17.6 Å². The van der Waals surface area contributed by atoms with Crippen LogP contribution >= 0.6 is 0 Å². The van der Waals surface area contributed by atoms with E-state index < -0.39 is 0 Å². The van der Waals surface area contributed by atoms with Gasteiger partial charge in [-0.25, -0.2) is 4.79 Å². The van der Waals surface area contributed by atoms with Gasteiger partial charge in [-0.05, 0) is 46.8 Å². The van der Waals surface area contributed by atoms with Crippen molar-refractivity contribution in [3.63, 3.8) is 0 Å². The quantitative estimate of drug-likeness (QED) is 0.766. The summed E-state index contributed by atoms with van der Waals surface area (Å²) in [5.41, 5.74) is 2.45. The number of nitrogens with one attached hydrogen (secondary N) is 2. The molecule has 0 bridgehead atoms. The second kappa shape index (κ2) is 6.19. The van der Waals surface area contributed by atoms with Crippen LogP contribution < -0.4 is 10.6 Å². The molecule has 0 saturated carbocycles. The molecule has 0 saturated heterocycles. The van der Waals surface area contributed by atoms with Gasteiger partial charge >= 0.3 is 6.03 Å². The lowest BCUT2D eigenvalue weighted by Gasteiger charge is -2.19. The summed E-state index contributed by atoms with van der Waals surface area (Å²) >= 11 is 0. The molecule has 3 aromatic heterocycles. The number of fused-ring (bicyclic) bond motifs is 1. The van der Waals surface area contributed by atoms with Gasteiger partial charge in [0.2, 0.25) is 5.95 Å². The monoisotopic (exact) mass is 341 g/mol. The Morgan fingerprint density at radius 3 is 2.68 bits per heavy atom. The summed E-state index contributed by atoms with van der Waals surface area (Å²) in [7, 11) is 0. The number of carbonyl (C=O) groups is 1. The number of urea groups is 1. The normalized spacial score (nSPS) is 13.0. The predicted molar refractivity (Wildman–Crippen MR) is 95.5 cm³/mol. The molecule has 3 rings (SSSR count). The molecule has 2 N–H and O–H groups in total. The van der Waals surface area contributed by atoms with Gasteiger partial charge in [0.15, 0.2) is 5.65 Å². The first kappa shape index (κ1) is 16.9. The minimum absolute atomic E-state index is 0.106. The van der Waals surface area contributed by atoms with Crippen LogP contribution in [0.15, 0.2) is 30.6 Å². The Morgan fingerprint density at radius 2 is 2.00 bits per heavy atom. The number of aromatic nitrogens is 5. The van der Waals surface area contributed by atoms with Gasteiger partial charge in [0.05, 0.1) is 17.3 Å². The molecule has 0 aliphatic rings. The molecule has 25 heavy (non-hydrogen) atoms. The Morgan fingerprint density at radius 1 is 1.24 bits per heavy atom. The molecule has 0 unspecified atom stereocenters. The van der Waals surface area contributed by atoms with Gasteiger partial charge in [0.1, 0.15) is 0 Å². The van der Waals surface area contributed by atoms with Crippen LogP contribution in [0, 0.1) is 6.92 Å². The molecule has 8 heteroatoms. The Labute approximate surface area is 146 Å². The number of pyridine rings is 1. The molecular weight excluding hydrogens is 318 g/mol. The van der Waals surface area contributed by atoms with E-state index >= 15 is 0 Å². The highest BCUT2D eigenvalue weighted by Crippen LogP contribution is 2.21. The largest absolute Gasteiger partial charge is 0.331 e. The van der Waals surface area contributed by atoms with Crippen LogP contribution in [0.4, 0.5) is 10.7 Å². The average Bonchev–Trinajstić information content (AvgIpc) is 3.11. The summed E-state index contributed by atoms with van der Waals surface area (Å²) in [6.07, 6.45) is 3.78. The van der Waals surface area contributed by atoms with Gasteiger partial charge in [-0.1, -0.05) is 6.07 Å². The minimum Gasteiger partial charge on any atom is -0.331 e. The zero-order valence-electron chi connectivity index (χ0n) is 15.1. The fraction of sp³-hybridized carbons (Fsp3) is 0.412. The molecule has 0 fully saturated rings. The molecule has 8 nitrogen and oxygen atoms in total. The number of rotatable bonds is 3. The number of carbonyl (C=O) groups excluding carboxylic acids is 1. The first-order valence-electron chi connectivity index (χ1n) is 8.19. The number of hydrogen-bond donors (Lipinski definition) is 2. The van der Waals surface area contributed by atoms with Gasteiger partial charge in [0, 0.05) is 18.0 Å². The van der Waals surface area contributed by atoms with Crippen molar-refractivity contribution in [3.8, 4) is 0 Å². The maximum Gasteiger partial charge on any atom is 0.322 e. The van der Waals surface area contributed by atoms with Crippen molar-refractivity contribution in [2.24, 2.45) is 0 Å². The second-order valence-corrected chi connectivity index (χ2v) is 7.06. The standard InChI is InChI=1S/C17H23N7O/c1-11(13-10-24(17(3,4)5)22-12(13)2)18-16(25)19-15-21-20-14-8-6-7-9-23(14)15/h6-11H,1-5H3,(H2,18,19,21,25)/t11-/m1/s1. The van der Waals surface area contributed by atoms with Gasteiger partial charge in [-0.15, -0.1) is 10.2 Å². The number of hydrogen-bond acceptors (Lipinski definition) is 4. The van der Waals surface area contributed by atoms with Gasteiger partial charge in [-0.2, -0.15) is 5.10 Å². The molecular formula is C17H23N7O. The van der Waals surface area contributed by atoms with Gasteiger partial charge < -0.3 is 5.32 Å². The number of aryl methyl sites for hydroxylation is 1. The highest BCUT2D eigenvalue weighted by atomic mass is 16.2. The van der Waals surface area contributed by atoms with Crippen LogP contribution in [0.25, 0.3) is 5.65 Å². The number of anilines is 1. The Balaban J connectivity index is 1.72. The van der Waals surface area contributed by atoms with Crippen LogP contribution in [0.3, 0.4) is 0 Å². The molecule has 0 aliphatic heterocycles. The average molecular weight is 341 g/mol. The highest BCUT2D eigenvalue weighted by Gasteiger charge is 2.20. The first-order chi connectivity index (χ1) is 11.8. The lowest BCUT2D eigenvalue weighted by atomic mass is 10.1. The summed E-state index contributed by atoms with van der Waals surface area (Å²) < 4.78 is 3.63. The summed E-state index contributed by atoms with van der Waals surface area (Å²) in [5.74, 6) is 0.377. The van der Waals surface area contributed by atoms with E-state index in [1.165, 1.54) is 0 Å². The van der Waals surface area contributed by atoms with Crippen molar-refractivity contribution < 1.29 is 4.79 Å². The van der Waals surface area contributed by atoms with E-state index in [2.05, 4.69) is 46.7 Å². The van der Waals surface area contributed by atoms with Crippen molar-refractivity contribution in [1.82, 2.24) is 29.7 Å². The molecule has 3 heterocycles. The van der Waals surface area contributed by atoms with Crippen molar-refractivity contribution in [2.75, 3.05) is 5.32 Å². The molecule has 0 aliphatic carbocycles. The van der Waals surface area contributed by atoms with Crippen molar-refractivity contribution in [2.45, 2.75) is 46.2 Å². The topological polar surface area (TPSA) is 89.1 Å². The molecule has 3 aromatic rings.